The number of nitrogens with zero attached hydrogens (tertiary/aromatic N) is 1. The van der Waals surface area contributed by atoms with E-state index in [4.69, 9.17) is 0 Å². The standard InChI is InChI=1S/C14H23NO2S/c1-6-18(16,17)11-12-7-9-13(10-8-12)15(5)14(2,3)4/h7-10H,6,11H2,1-5H3. The first-order valence-electron chi connectivity index (χ1n) is 6.19. The number of hydrogen-bond acceptors (Lipinski definition) is 3. The van der Waals surface area contributed by atoms with Crippen molar-refractivity contribution >= 4 is 15.5 Å². The maximum absolute atomic E-state index is 11.5. The number of sulfone groups is 1. The number of hydrogen-bond donors (Lipinski definition) is 0. The van der Waals surface area contributed by atoms with Crippen LogP contribution >= 0.6 is 0 Å². The second-order valence-electron chi connectivity index (χ2n) is 5.57. The van der Waals surface area contributed by atoms with Gasteiger partial charge in [-0.1, -0.05) is 19.1 Å². The molecule has 3 nitrogen and oxygen atoms in total. The van der Waals surface area contributed by atoms with Gasteiger partial charge in [-0.3, -0.25) is 0 Å². The molecule has 0 saturated carbocycles. The number of rotatable bonds is 4. The smallest absolute Gasteiger partial charge is 0.154 e. The average Bonchev–Trinajstić information content (AvgIpc) is 2.27. The van der Waals surface area contributed by atoms with E-state index in [-0.39, 0.29) is 17.0 Å². The Morgan fingerprint density at radius 3 is 2.00 bits per heavy atom. The largest absolute Gasteiger partial charge is 0.370 e. The molecule has 0 heterocycles. The van der Waals surface area contributed by atoms with Crippen molar-refractivity contribution < 1.29 is 8.42 Å². The molecule has 0 aliphatic carbocycles. The van der Waals surface area contributed by atoms with Gasteiger partial charge in [0.15, 0.2) is 9.84 Å². The van der Waals surface area contributed by atoms with Crippen LogP contribution in [0.3, 0.4) is 0 Å². The zero-order valence-electron chi connectivity index (χ0n) is 11.9. The summed E-state index contributed by atoms with van der Waals surface area (Å²) in [5.74, 6) is 0.319. The molecule has 1 rings (SSSR count). The lowest BCUT2D eigenvalue weighted by molar-refractivity contribution is 0.538. The predicted octanol–water partition coefficient (Wildman–Crippen LogP) is 2.86. The van der Waals surface area contributed by atoms with Gasteiger partial charge in [0, 0.05) is 24.0 Å². The van der Waals surface area contributed by atoms with Crippen LogP contribution in [0.15, 0.2) is 24.3 Å². The monoisotopic (exact) mass is 269 g/mol. The van der Waals surface area contributed by atoms with E-state index in [0.717, 1.165) is 11.3 Å². The summed E-state index contributed by atoms with van der Waals surface area (Å²) in [5, 5.41) is 0. The summed E-state index contributed by atoms with van der Waals surface area (Å²) in [7, 11) is -0.908. The normalized spacial score (nSPS) is 12.5. The average molecular weight is 269 g/mol. The van der Waals surface area contributed by atoms with Crippen molar-refractivity contribution in [2.24, 2.45) is 0 Å². The fourth-order valence-corrected chi connectivity index (χ4v) is 2.46. The van der Waals surface area contributed by atoms with Crippen LogP contribution in [-0.2, 0) is 15.6 Å². The second-order valence-corrected chi connectivity index (χ2v) is 7.93. The molecule has 0 N–H and O–H groups in total. The minimum atomic E-state index is -2.95. The Kier molecular flexibility index (Phi) is 4.43. The molecule has 0 aliphatic rings. The summed E-state index contributed by atoms with van der Waals surface area (Å²) in [5.41, 5.74) is 2.00. The quantitative estimate of drug-likeness (QED) is 0.843. The van der Waals surface area contributed by atoms with Gasteiger partial charge in [0.05, 0.1) is 5.75 Å². The molecule has 0 aromatic heterocycles. The highest BCUT2D eigenvalue weighted by Gasteiger charge is 2.17. The summed E-state index contributed by atoms with van der Waals surface area (Å²) in [6.45, 7) is 8.10. The van der Waals surface area contributed by atoms with E-state index in [9.17, 15) is 8.42 Å². The van der Waals surface area contributed by atoms with Crippen molar-refractivity contribution in [2.75, 3.05) is 17.7 Å². The Morgan fingerprint density at radius 2 is 1.61 bits per heavy atom. The highest BCUT2D eigenvalue weighted by molar-refractivity contribution is 7.90. The number of anilines is 1. The minimum absolute atomic E-state index is 0.0526. The molecule has 0 aliphatic heterocycles. The molecule has 18 heavy (non-hydrogen) atoms. The zero-order valence-corrected chi connectivity index (χ0v) is 12.7. The van der Waals surface area contributed by atoms with Gasteiger partial charge in [-0.05, 0) is 38.5 Å². The molecule has 1 aromatic rings. The Balaban J connectivity index is 2.87. The third kappa shape index (κ3) is 4.02. The minimum Gasteiger partial charge on any atom is -0.370 e. The van der Waals surface area contributed by atoms with E-state index in [0.29, 0.717) is 0 Å². The fourth-order valence-electron chi connectivity index (χ4n) is 1.56. The van der Waals surface area contributed by atoms with Crippen LogP contribution in [0.1, 0.15) is 33.3 Å². The molecule has 1 aromatic carbocycles. The molecule has 102 valence electrons. The lowest BCUT2D eigenvalue weighted by Gasteiger charge is -2.34. The topological polar surface area (TPSA) is 37.4 Å². The van der Waals surface area contributed by atoms with Crippen molar-refractivity contribution in [1.29, 1.82) is 0 Å². The van der Waals surface area contributed by atoms with E-state index in [1.54, 1.807) is 6.92 Å². The lowest BCUT2D eigenvalue weighted by atomic mass is 10.1. The van der Waals surface area contributed by atoms with Gasteiger partial charge in [0.1, 0.15) is 0 Å². The van der Waals surface area contributed by atoms with Gasteiger partial charge in [0.2, 0.25) is 0 Å². The maximum atomic E-state index is 11.5. The first-order chi connectivity index (χ1) is 8.15. The molecule has 0 unspecified atom stereocenters. The predicted molar refractivity (Wildman–Crippen MR) is 77.8 cm³/mol. The Bertz CT molecular complexity index is 484. The molecular formula is C14H23NO2S. The zero-order chi connectivity index (χ0) is 14.0. The van der Waals surface area contributed by atoms with Crippen LogP contribution in [0.5, 0.6) is 0 Å². The van der Waals surface area contributed by atoms with Crippen LogP contribution < -0.4 is 4.90 Å². The van der Waals surface area contributed by atoms with Gasteiger partial charge < -0.3 is 4.90 Å². The van der Waals surface area contributed by atoms with Gasteiger partial charge in [0.25, 0.3) is 0 Å². The first kappa shape index (κ1) is 15.0. The summed E-state index contributed by atoms with van der Waals surface area (Å²) in [4.78, 5) is 2.17. The van der Waals surface area contributed by atoms with Crippen LogP contribution in [0.25, 0.3) is 0 Å². The molecule has 0 spiro atoms. The van der Waals surface area contributed by atoms with Crippen molar-refractivity contribution in [3.05, 3.63) is 29.8 Å². The first-order valence-corrected chi connectivity index (χ1v) is 8.01. The Labute approximate surface area is 111 Å². The Hall–Kier alpha value is -1.03. The molecule has 0 atom stereocenters. The Morgan fingerprint density at radius 1 is 1.11 bits per heavy atom. The van der Waals surface area contributed by atoms with Crippen molar-refractivity contribution in [1.82, 2.24) is 0 Å². The fraction of sp³-hybridized carbons (Fsp3) is 0.571. The third-order valence-electron chi connectivity index (χ3n) is 3.16. The molecule has 0 fully saturated rings. The summed E-state index contributed by atoms with van der Waals surface area (Å²) < 4.78 is 23.1. The highest BCUT2D eigenvalue weighted by atomic mass is 32.2. The SMILES string of the molecule is CCS(=O)(=O)Cc1ccc(N(C)C(C)(C)C)cc1. The van der Waals surface area contributed by atoms with Crippen LogP contribution in [-0.4, -0.2) is 26.8 Å². The van der Waals surface area contributed by atoms with Gasteiger partial charge in [-0.2, -0.15) is 0 Å². The van der Waals surface area contributed by atoms with Gasteiger partial charge >= 0.3 is 0 Å². The highest BCUT2D eigenvalue weighted by Crippen LogP contribution is 2.22. The maximum Gasteiger partial charge on any atom is 0.154 e. The van der Waals surface area contributed by atoms with Crippen molar-refractivity contribution in [3.63, 3.8) is 0 Å². The van der Waals surface area contributed by atoms with Crippen molar-refractivity contribution in [2.45, 2.75) is 39.0 Å². The third-order valence-corrected chi connectivity index (χ3v) is 4.81. The summed E-state index contributed by atoms with van der Waals surface area (Å²) in [6.07, 6.45) is 0. The van der Waals surface area contributed by atoms with E-state index in [1.807, 2.05) is 31.3 Å². The van der Waals surface area contributed by atoms with Crippen LogP contribution in [0.2, 0.25) is 0 Å². The van der Waals surface area contributed by atoms with E-state index >= 15 is 0 Å². The molecule has 4 heteroatoms. The lowest BCUT2D eigenvalue weighted by Crippen LogP contribution is -2.37. The van der Waals surface area contributed by atoms with Gasteiger partial charge in [-0.15, -0.1) is 0 Å². The second kappa shape index (κ2) is 5.31. The molecular weight excluding hydrogens is 246 g/mol. The van der Waals surface area contributed by atoms with E-state index in [1.165, 1.54) is 0 Å². The van der Waals surface area contributed by atoms with E-state index in [2.05, 4.69) is 25.7 Å². The number of benzene rings is 1. The van der Waals surface area contributed by atoms with Crippen molar-refractivity contribution in [3.8, 4) is 0 Å². The summed E-state index contributed by atoms with van der Waals surface area (Å²) >= 11 is 0. The molecule has 0 bridgehead atoms. The van der Waals surface area contributed by atoms with Crippen LogP contribution in [0, 0.1) is 0 Å². The molecule has 0 saturated heterocycles. The van der Waals surface area contributed by atoms with Gasteiger partial charge in [-0.25, -0.2) is 8.42 Å². The molecule has 0 radical (unpaired) electrons. The molecule has 0 amide bonds. The van der Waals surface area contributed by atoms with E-state index < -0.39 is 9.84 Å². The van der Waals surface area contributed by atoms with Crippen LogP contribution in [0.4, 0.5) is 5.69 Å². The summed E-state index contributed by atoms with van der Waals surface area (Å²) in [6, 6.07) is 7.74.